The minimum absolute atomic E-state index is 0.502. The van der Waals surface area contributed by atoms with Gasteiger partial charge < -0.3 is 14.2 Å². The molecule has 0 fully saturated rings. The molecule has 0 saturated heterocycles. The second-order valence-corrected chi connectivity index (χ2v) is 6.05. The van der Waals surface area contributed by atoms with Gasteiger partial charge >= 0.3 is 0 Å². The number of ether oxygens (including phenoxy) is 3. The molecule has 1 heterocycles. The number of rotatable bonds is 6. The molecular weight excluding hydrogens is 322 g/mol. The third-order valence-electron chi connectivity index (χ3n) is 3.76. The van der Waals surface area contributed by atoms with Gasteiger partial charge in [-0.2, -0.15) is 0 Å². The number of aromatic nitrogens is 1. The first kappa shape index (κ1) is 16.5. The van der Waals surface area contributed by atoms with Crippen LogP contribution in [-0.4, -0.2) is 25.5 Å². The highest BCUT2D eigenvalue weighted by Gasteiger charge is 2.10. The molecule has 4 nitrogen and oxygen atoms in total. The molecule has 24 heavy (non-hydrogen) atoms. The average Bonchev–Trinajstić information content (AvgIpc) is 2.65. The third-order valence-corrected chi connectivity index (χ3v) is 4.50. The average molecular weight is 341 g/mol. The van der Waals surface area contributed by atoms with Gasteiger partial charge in [0.15, 0.2) is 11.5 Å². The van der Waals surface area contributed by atoms with Crippen LogP contribution in [0, 0.1) is 0 Å². The van der Waals surface area contributed by atoms with Gasteiger partial charge in [-0.1, -0.05) is 12.1 Å². The van der Waals surface area contributed by atoms with Crippen LogP contribution in [0.5, 0.6) is 17.2 Å². The first-order chi connectivity index (χ1) is 11.7. The zero-order chi connectivity index (χ0) is 16.9. The van der Waals surface area contributed by atoms with Crippen molar-refractivity contribution in [3.63, 3.8) is 0 Å². The fourth-order valence-corrected chi connectivity index (χ4v) is 2.86. The summed E-state index contributed by atoms with van der Waals surface area (Å²) in [6.45, 7) is 0.502. The summed E-state index contributed by atoms with van der Waals surface area (Å²) in [4.78, 5) is 5.63. The number of nitrogens with zero attached hydrogens (tertiary/aromatic N) is 1. The van der Waals surface area contributed by atoms with E-state index in [-0.39, 0.29) is 0 Å². The molecule has 0 amide bonds. The van der Waals surface area contributed by atoms with E-state index in [4.69, 9.17) is 14.2 Å². The number of thioether (sulfide) groups is 1. The van der Waals surface area contributed by atoms with E-state index < -0.39 is 0 Å². The lowest BCUT2D eigenvalue weighted by Gasteiger charge is -2.12. The van der Waals surface area contributed by atoms with E-state index in [1.165, 1.54) is 4.90 Å². The van der Waals surface area contributed by atoms with E-state index in [2.05, 4.69) is 35.5 Å². The van der Waals surface area contributed by atoms with Gasteiger partial charge in [-0.3, -0.25) is 4.98 Å². The van der Waals surface area contributed by atoms with Crippen molar-refractivity contribution in [2.45, 2.75) is 11.5 Å². The summed E-state index contributed by atoms with van der Waals surface area (Å²) in [6.07, 6.45) is 3.80. The Hall–Kier alpha value is -2.40. The molecule has 0 atom stereocenters. The van der Waals surface area contributed by atoms with E-state index in [9.17, 15) is 0 Å². The fraction of sp³-hybridized carbons (Fsp3) is 0.211. The first-order valence-corrected chi connectivity index (χ1v) is 8.74. The van der Waals surface area contributed by atoms with Gasteiger partial charge in [-0.15, -0.1) is 11.8 Å². The Labute approximate surface area is 145 Å². The standard InChI is InChI=1S/C19H19NO3S/c1-21-18-10-15-16(11-19(18)22-2)20-9-8-17(15)23-12-13-4-6-14(24-3)7-5-13/h4-11H,12H2,1-3H3. The van der Waals surface area contributed by atoms with Crippen molar-refractivity contribution in [2.75, 3.05) is 20.5 Å². The van der Waals surface area contributed by atoms with Crippen LogP contribution >= 0.6 is 11.8 Å². The summed E-state index contributed by atoms with van der Waals surface area (Å²) in [7, 11) is 3.23. The van der Waals surface area contributed by atoms with E-state index in [0.717, 1.165) is 22.2 Å². The highest BCUT2D eigenvalue weighted by atomic mass is 32.2. The number of benzene rings is 2. The molecule has 3 aromatic rings. The van der Waals surface area contributed by atoms with Crippen molar-refractivity contribution in [1.82, 2.24) is 4.98 Å². The van der Waals surface area contributed by atoms with Crippen molar-refractivity contribution in [3.05, 3.63) is 54.2 Å². The zero-order valence-electron chi connectivity index (χ0n) is 13.9. The molecule has 124 valence electrons. The van der Waals surface area contributed by atoms with Gasteiger partial charge in [0.2, 0.25) is 0 Å². The number of hydrogen-bond acceptors (Lipinski definition) is 5. The molecule has 0 saturated carbocycles. The topological polar surface area (TPSA) is 40.6 Å². The zero-order valence-corrected chi connectivity index (χ0v) is 14.7. The summed E-state index contributed by atoms with van der Waals surface area (Å²) in [5.41, 5.74) is 1.93. The summed E-state index contributed by atoms with van der Waals surface area (Å²) in [5.74, 6) is 2.09. The highest BCUT2D eigenvalue weighted by molar-refractivity contribution is 7.98. The molecule has 2 aromatic carbocycles. The molecule has 0 spiro atoms. The van der Waals surface area contributed by atoms with Gasteiger partial charge in [0.1, 0.15) is 12.4 Å². The van der Waals surface area contributed by atoms with Crippen molar-refractivity contribution in [1.29, 1.82) is 0 Å². The van der Waals surface area contributed by atoms with Crippen LogP contribution < -0.4 is 14.2 Å². The minimum atomic E-state index is 0.502. The molecule has 0 unspecified atom stereocenters. The summed E-state index contributed by atoms with van der Waals surface area (Å²) >= 11 is 1.73. The van der Waals surface area contributed by atoms with E-state index >= 15 is 0 Å². The second kappa shape index (κ2) is 7.45. The van der Waals surface area contributed by atoms with Crippen LogP contribution in [0.3, 0.4) is 0 Å². The Kier molecular flexibility index (Phi) is 5.11. The maximum Gasteiger partial charge on any atom is 0.162 e. The molecule has 1 aromatic heterocycles. The Morgan fingerprint density at radius 1 is 0.917 bits per heavy atom. The maximum absolute atomic E-state index is 6.01. The van der Waals surface area contributed by atoms with Gasteiger partial charge in [-0.25, -0.2) is 0 Å². The molecule has 0 aliphatic carbocycles. The van der Waals surface area contributed by atoms with Crippen LogP contribution in [-0.2, 0) is 6.61 Å². The predicted molar refractivity (Wildman–Crippen MR) is 97.4 cm³/mol. The summed E-state index contributed by atoms with van der Waals surface area (Å²) < 4.78 is 16.7. The van der Waals surface area contributed by atoms with Gasteiger partial charge in [0.05, 0.1) is 19.7 Å². The lowest BCUT2D eigenvalue weighted by atomic mass is 10.1. The number of methoxy groups -OCH3 is 2. The highest BCUT2D eigenvalue weighted by Crippen LogP contribution is 2.35. The van der Waals surface area contributed by atoms with Crippen LogP contribution in [0.25, 0.3) is 10.9 Å². The van der Waals surface area contributed by atoms with Gasteiger partial charge in [0.25, 0.3) is 0 Å². The normalized spacial score (nSPS) is 10.6. The van der Waals surface area contributed by atoms with Crippen LogP contribution in [0.1, 0.15) is 5.56 Å². The van der Waals surface area contributed by atoms with Gasteiger partial charge in [-0.05, 0) is 36.1 Å². The lowest BCUT2D eigenvalue weighted by Crippen LogP contribution is -1.97. The Morgan fingerprint density at radius 2 is 1.62 bits per heavy atom. The molecule has 5 heteroatoms. The first-order valence-electron chi connectivity index (χ1n) is 7.51. The van der Waals surface area contributed by atoms with Crippen LogP contribution in [0.2, 0.25) is 0 Å². The SMILES string of the molecule is COc1cc2nccc(OCc3ccc(SC)cc3)c2cc1OC. The van der Waals surface area contributed by atoms with E-state index in [1.807, 2.05) is 18.2 Å². The van der Waals surface area contributed by atoms with Gasteiger partial charge in [0, 0.05) is 22.5 Å². The lowest BCUT2D eigenvalue weighted by molar-refractivity contribution is 0.309. The van der Waals surface area contributed by atoms with Crippen molar-refractivity contribution >= 4 is 22.7 Å². The second-order valence-electron chi connectivity index (χ2n) is 5.17. The van der Waals surface area contributed by atoms with Crippen molar-refractivity contribution in [2.24, 2.45) is 0 Å². The fourth-order valence-electron chi connectivity index (χ4n) is 2.46. The number of pyridine rings is 1. The Balaban J connectivity index is 1.88. The third kappa shape index (κ3) is 3.41. The van der Waals surface area contributed by atoms with Crippen LogP contribution in [0.15, 0.2) is 53.6 Å². The largest absolute Gasteiger partial charge is 0.493 e. The number of hydrogen-bond donors (Lipinski definition) is 0. The molecular formula is C19H19NO3S. The monoisotopic (exact) mass is 341 g/mol. The molecule has 0 aliphatic heterocycles. The minimum Gasteiger partial charge on any atom is -0.493 e. The smallest absolute Gasteiger partial charge is 0.162 e. The van der Waals surface area contributed by atoms with Crippen LogP contribution in [0.4, 0.5) is 0 Å². The summed E-state index contributed by atoms with van der Waals surface area (Å²) in [5, 5.41) is 0.899. The molecule has 0 aliphatic rings. The number of fused-ring (bicyclic) bond motifs is 1. The van der Waals surface area contributed by atoms with E-state index in [1.54, 1.807) is 32.2 Å². The summed E-state index contributed by atoms with van der Waals surface area (Å²) in [6, 6.07) is 14.0. The Bertz CT molecular complexity index is 834. The van der Waals surface area contributed by atoms with E-state index in [0.29, 0.717) is 18.1 Å². The Morgan fingerprint density at radius 3 is 2.29 bits per heavy atom. The van der Waals surface area contributed by atoms with Crippen molar-refractivity contribution < 1.29 is 14.2 Å². The maximum atomic E-state index is 6.01. The molecule has 0 N–H and O–H groups in total. The quantitative estimate of drug-likeness (QED) is 0.615. The molecule has 3 rings (SSSR count). The van der Waals surface area contributed by atoms with Crippen molar-refractivity contribution in [3.8, 4) is 17.2 Å². The molecule has 0 bridgehead atoms. The molecule has 0 radical (unpaired) electrons. The predicted octanol–water partition coefficient (Wildman–Crippen LogP) is 4.55.